The molecule has 0 N–H and O–H groups in total. The number of hydrogen-bond donors (Lipinski definition) is 0. The van der Waals surface area contributed by atoms with Crippen LogP contribution in [0.2, 0.25) is 5.02 Å². The molecule has 0 amide bonds. The molecule has 0 atom stereocenters. The second-order valence-electron chi connectivity index (χ2n) is 5.19. The minimum Gasteiger partial charge on any atom is -0.492 e. The monoisotopic (exact) mass is 332 g/mol. The number of rotatable bonds is 4. The average molecular weight is 333 g/mol. The topological polar surface area (TPSA) is 49.9 Å². The van der Waals surface area contributed by atoms with Crippen LogP contribution >= 0.6 is 11.6 Å². The molecule has 0 saturated carbocycles. The van der Waals surface area contributed by atoms with Crippen molar-refractivity contribution in [2.45, 2.75) is 18.7 Å². The molecule has 0 radical (unpaired) electrons. The van der Waals surface area contributed by atoms with Crippen LogP contribution in [0.3, 0.4) is 0 Å². The van der Waals surface area contributed by atoms with E-state index in [-0.39, 0.29) is 4.90 Å². The number of halogens is 1. The number of aryl methyl sites for hydroxylation is 1. The van der Waals surface area contributed by atoms with Gasteiger partial charge in [-0.1, -0.05) is 11.6 Å². The molecule has 0 bridgehead atoms. The first-order valence-corrected chi connectivity index (χ1v) is 8.79. The Morgan fingerprint density at radius 3 is 2.43 bits per heavy atom. The van der Waals surface area contributed by atoms with Gasteiger partial charge in [-0.05, 0) is 38.6 Å². The first-order valence-electron chi connectivity index (χ1n) is 6.98. The van der Waals surface area contributed by atoms with Gasteiger partial charge in [-0.15, -0.1) is 0 Å². The van der Waals surface area contributed by atoms with Gasteiger partial charge < -0.3 is 9.64 Å². The Kier molecular flexibility index (Phi) is 5.14. The van der Waals surface area contributed by atoms with Crippen molar-refractivity contribution < 1.29 is 13.2 Å². The molecule has 7 heteroatoms. The first-order chi connectivity index (χ1) is 9.86. The lowest BCUT2D eigenvalue weighted by molar-refractivity contribution is 0.222. The lowest BCUT2D eigenvalue weighted by atomic mass is 10.2. The Labute approximate surface area is 131 Å². The fourth-order valence-electron chi connectivity index (χ4n) is 2.27. The summed E-state index contributed by atoms with van der Waals surface area (Å²) in [5.74, 6) is 0.373. The maximum atomic E-state index is 12.8. The molecule has 21 heavy (non-hydrogen) atoms. The van der Waals surface area contributed by atoms with E-state index in [9.17, 15) is 8.42 Å². The van der Waals surface area contributed by atoms with Crippen LogP contribution in [0.1, 0.15) is 12.5 Å². The smallest absolute Gasteiger partial charge is 0.246 e. The highest BCUT2D eigenvalue weighted by atomic mass is 35.5. The summed E-state index contributed by atoms with van der Waals surface area (Å²) in [4.78, 5) is 2.27. The van der Waals surface area contributed by atoms with Crippen LogP contribution < -0.4 is 4.74 Å². The van der Waals surface area contributed by atoms with Gasteiger partial charge in [-0.2, -0.15) is 4.31 Å². The van der Waals surface area contributed by atoms with Gasteiger partial charge >= 0.3 is 0 Å². The molecule has 0 spiro atoms. The predicted octanol–water partition coefficient (Wildman–Crippen LogP) is 1.98. The lowest BCUT2D eigenvalue weighted by Crippen LogP contribution is -2.47. The maximum Gasteiger partial charge on any atom is 0.246 e. The highest BCUT2D eigenvalue weighted by Gasteiger charge is 2.30. The minimum atomic E-state index is -3.58. The molecule has 1 aliphatic heterocycles. The SMILES string of the molecule is CCOc1cc(C)c(Cl)cc1S(=O)(=O)N1CCN(C)CC1. The molecule has 5 nitrogen and oxygen atoms in total. The van der Waals surface area contributed by atoms with Gasteiger partial charge in [-0.25, -0.2) is 8.42 Å². The van der Waals surface area contributed by atoms with Crippen molar-refractivity contribution in [2.24, 2.45) is 0 Å². The van der Waals surface area contributed by atoms with E-state index in [1.807, 2.05) is 20.9 Å². The van der Waals surface area contributed by atoms with Crippen LogP contribution in [0.4, 0.5) is 0 Å². The molecule has 1 aromatic rings. The van der Waals surface area contributed by atoms with E-state index in [1.165, 1.54) is 10.4 Å². The summed E-state index contributed by atoms with van der Waals surface area (Å²) in [6.45, 7) is 6.48. The quantitative estimate of drug-likeness (QED) is 0.846. The van der Waals surface area contributed by atoms with Crippen LogP contribution in [-0.2, 0) is 10.0 Å². The molecule has 2 rings (SSSR count). The molecular formula is C14H21ClN2O3S. The van der Waals surface area contributed by atoms with Crippen molar-refractivity contribution in [3.05, 3.63) is 22.7 Å². The van der Waals surface area contributed by atoms with E-state index in [2.05, 4.69) is 4.90 Å². The number of benzene rings is 1. The van der Waals surface area contributed by atoms with Gasteiger partial charge in [0.15, 0.2) is 0 Å². The summed E-state index contributed by atoms with van der Waals surface area (Å²) in [5, 5.41) is 0.436. The van der Waals surface area contributed by atoms with Crippen LogP contribution in [0.5, 0.6) is 5.75 Å². The van der Waals surface area contributed by atoms with Crippen molar-refractivity contribution in [3.63, 3.8) is 0 Å². The summed E-state index contributed by atoms with van der Waals surface area (Å²) < 4.78 is 32.6. The second kappa shape index (κ2) is 6.52. The zero-order chi connectivity index (χ0) is 15.6. The Morgan fingerprint density at radius 2 is 1.86 bits per heavy atom. The number of ether oxygens (including phenoxy) is 1. The number of nitrogens with zero attached hydrogens (tertiary/aromatic N) is 2. The maximum absolute atomic E-state index is 12.8. The van der Waals surface area contributed by atoms with Gasteiger partial charge in [0, 0.05) is 31.2 Å². The van der Waals surface area contributed by atoms with E-state index in [1.54, 1.807) is 6.07 Å². The molecule has 1 aromatic carbocycles. The second-order valence-corrected chi connectivity index (χ2v) is 7.50. The van der Waals surface area contributed by atoms with Crippen molar-refractivity contribution in [1.29, 1.82) is 0 Å². The average Bonchev–Trinajstić information content (AvgIpc) is 2.43. The molecule has 0 unspecified atom stereocenters. The van der Waals surface area contributed by atoms with E-state index in [0.29, 0.717) is 30.5 Å². The van der Waals surface area contributed by atoms with E-state index in [4.69, 9.17) is 16.3 Å². The lowest BCUT2D eigenvalue weighted by Gasteiger charge is -2.32. The van der Waals surface area contributed by atoms with Crippen LogP contribution in [0, 0.1) is 6.92 Å². The highest BCUT2D eigenvalue weighted by molar-refractivity contribution is 7.89. The molecule has 1 fully saturated rings. The van der Waals surface area contributed by atoms with Crippen LogP contribution in [0.15, 0.2) is 17.0 Å². The number of sulfonamides is 1. The summed E-state index contributed by atoms with van der Waals surface area (Å²) in [7, 11) is -1.60. The van der Waals surface area contributed by atoms with Crippen LogP contribution in [-0.4, -0.2) is 57.5 Å². The zero-order valence-electron chi connectivity index (χ0n) is 12.6. The Bertz CT molecular complexity index is 611. The number of likely N-dealkylation sites (N-methyl/N-ethyl adjacent to an activating group) is 1. The minimum absolute atomic E-state index is 0.157. The van der Waals surface area contributed by atoms with Crippen molar-refractivity contribution >= 4 is 21.6 Å². The summed E-state index contributed by atoms with van der Waals surface area (Å²) in [6, 6.07) is 3.18. The summed E-state index contributed by atoms with van der Waals surface area (Å²) in [6.07, 6.45) is 0. The van der Waals surface area contributed by atoms with Gasteiger partial charge in [0.2, 0.25) is 10.0 Å². The van der Waals surface area contributed by atoms with E-state index in [0.717, 1.165) is 18.7 Å². The van der Waals surface area contributed by atoms with Gasteiger partial charge in [0.25, 0.3) is 0 Å². The summed E-state index contributed by atoms with van der Waals surface area (Å²) >= 11 is 6.11. The molecule has 1 saturated heterocycles. The normalized spacial score (nSPS) is 17.9. The third-order valence-electron chi connectivity index (χ3n) is 3.60. The third-order valence-corrected chi connectivity index (χ3v) is 5.93. The van der Waals surface area contributed by atoms with E-state index >= 15 is 0 Å². The molecule has 0 aromatic heterocycles. The van der Waals surface area contributed by atoms with E-state index < -0.39 is 10.0 Å². The fraction of sp³-hybridized carbons (Fsp3) is 0.571. The van der Waals surface area contributed by atoms with Crippen molar-refractivity contribution in [2.75, 3.05) is 39.8 Å². The Hall–Kier alpha value is -0.820. The highest BCUT2D eigenvalue weighted by Crippen LogP contribution is 2.32. The fourth-order valence-corrected chi connectivity index (χ4v) is 4.06. The van der Waals surface area contributed by atoms with Crippen molar-refractivity contribution in [1.82, 2.24) is 9.21 Å². The zero-order valence-corrected chi connectivity index (χ0v) is 14.2. The molecule has 1 heterocycles. The summed E-state index contributed by atoms with van der Waals surface area (Å²) in [5.41, 5.74) is 0.803. The Balaban J connectivity index is 2.41. The predicted molar refractivity (Wildman–Crippen MR) is 83.6 cm³/mol. The number of hydrogen-bond acceptors (Lipinski definition) is 4. The Morgan fingerprint density at radius 1 is 1.24 bits per heavy atom. The molecule has 118 valence electrons. The first kappa shape index (κ1) is 16.5. The standard InChI is InChI=1S/C14H21ClN2O3S/c1-4-20-13-9-11(2)12(15)10-14(13)21(18,19)17-7-5-16(3)6-8-17/h9-10H,4-8H2,1-3H3. The van der Waals surface area contributed by atoms with Crippen LogP contribution in [0.25, 0.3) is 0 Å². The largest absolute Gasteiger partial charge is 0.492 e. The third kappa shape index (κ3) is 3.51. The van der Waals surface area contributed by atoms with Gasteiger partial charge in [-0.3, -0.25) is 0 Å². The molecule has 0 aliphatic carbocycles. The molecule has 1 aliphatic rings. The van der Waals surface area contributed by atoms with Gasteiger partial charge in [0.1, 0.15) is 10.6 Å². The van der Waals surface area contributed by atoms with Crippen molar-refractivity contribution in [3.8, 4) is 5.75 Å². The van der Waals surface area contributed by atoms with Gasteiger partial charge in [0.05, 0.1) is 6.61 Å². The number of piperazine rings is 1. The molecular weight excluding hydrogens is 312 g/mol.